The Bertz CT molecular complexity index is 348. The van der Waals surface area contributed by atoms with Crippen LogP contribution in [0, 0.1) is 11.3 Å². The first kappa shape index (κ1) is 11.4. The third-order valence-corrected chi connectivity index (χ3v) is 2.07. The first-order valence-corrected chi connectivity index (χ1v) is 4.79. The van der Waals surface area contributed by atoms with Gasteiger partial charge in [-0.1, -0.05) is 0 Å². The zero-order valence-electron chi connectivity index (χ0n) is 8.97. The average molecular weight is 206 g/mol. The summed E-state index contributed by atoms with van der Waals surface area (Å²) in [6.07, 6.45) is 1.52. The van der Waals surface area contributed by atoms with Crippen LogP contribution in [-0.4, -0.2) is 37.0 Å². The maximum absolute atomic E-state index is 8.91. The number of anilines is 1. The summed E-state index contributed by atoms with van der Waals surface area (Å²) < 4.78 is 5.00. The third kappa shape index (κ3) is 2.89. The zero-order valence-corrected chi connectivity index (χ0v) is 8.97. The first-order chi connectivity index (χ1) is 7.33. The zero-order chi connectivity index (χ0) is 11.1. The van der Waals surface area contributed by atoms with Crippen molar-refractivity contribution in [3.05, 3.63) is 17.8 Å². The molecule has 1 rings (SSSR count). The average Bonchev–Trinajstić information content (AvgIpc) is 2.30. The fraction of sp³-hybridized carbons (Fsp3) is 0.500. The Morgan fingerprint density at radius 2 is 2.40 bits per heavy atom. The van der Waals surface area contributed by atoms with E-state index in [0.29, 0.717) is 24.5 Å². The van der Waals surface area contributed by atoms with Gasteiger partial charge in [0.15, 0.2) is 5.82 Å². The van der Waals surface area contributed by atoms with Crippen LogP contribution in [0.25, 0.3) is 0 Å². The van der Waals surface area contributed by atoms with Gasteiger partial charge in [-0.05, 0) is 13.0 Å². The number of nitrogens with zero attached hydrogens (tertiary/aromatic N) is 4. The molecule has 1 aromatic heterocycles. The van der Waals surface area contributed by atoms with Gasteiger partial charge in [-0.3, -0.25) is 0 Å². The molecule has 0 fully saturated rings. The van der Waals surface area contributed by atoms with Crippen molar-refractivity contribution in [3.63, 3.8) is 0 Å². The smallest absolute Gasteiger partial charge is 0.169 e. The van der Waals surface area contributed by atoms with Crippen molar-refractivity contribution in [2.45, 2.75) is 6.92 Å². The van der Waals surface area contributed by atoms with Gasteiger partial charge in [0.05, 0.1) is 18.4 Å². The lowest BCUT2D eigenvalue weighted by atomic mass is 10.3. The van der Waals surface area contributed by atoms with E-state index in [4.69, 9.17) is 10.00 Å². The molecule has 0 radical (unpaired) electrons. The minimum Gasteiger partial charge on any atom is -0.383 e. The Balaban J connectivity index is 2.86. The highest BCUT2D eigenvalue weighted by molar-refractivity contribution is 5.52. The van der Waals surface area contributed by atoms with E-state index in [1.807, 2.05) is 11.8 Å². The second kappa shape index (κ2) is 5.94. The highest BCUT2D eigenvalue weighted by Crippen LogP contribution is 2.14. The van der Waals surface area contributed by atoms with Gasteiger partial charge >= 0.3 is 0 Å². The van der Waals surface area contributed by atoms with Gasteiger partial charge in [-0.25, -0.2) is 0 Å². The molecule has 0 aromatic carbocycles. The summed E-state index contributed by atoms with van der Waals surface area (Å²) in [5.74, 6) is 0.625. The van der Waals surface area contributed by atoms with Crippen LogP contribution in [0.4, 0.5) is 5.82 Å². The number of rotatable bonds is 5. The van der Waals surface area contributed by atoms with Crippen molar-refractivity contribution >= 4 is 5.82 Å². The van der Waals surface area contributed by atoms with Gasteiger partial charge in [0.1, 0.15) is 6.07 Å². The van der Waals surface area contributed by atoms with Crippen LogP contribution < -0.4 is 4.90 Å². The lowest BCUT2D eigenvalue weighted by Gasteiger charge is -2.21. The van der Waals surface area contributed by atoms with Gasteiger partial charge in [0, 0.05) is 20.2 Å². The first-order valence-electron chi connectivity index (χ1n) is 4.79. The molecule has 0 unspecified atom stereocenters. The molecule has 5 nitrogen and oxygen atoms in total. The Hall–Kier alpha value is -1.67. The molecule has 1 aromatic rings. The van der Waals surface area contributed by atoms with Gasteiger partial charge < -0.3 is 9.64 Å². The molecular weight excluding hydrogens is 192 g/mol. The number of likely N-dealkylation sites (N-methyl/N-ethyl adjacent to an activating group) is 1. The highest BCUT2D eigenvalue weighted by atomic mass is 16.5. The number of hydrogen-bond acceptors (Lipinski definition) is 5. The monoisotopic (exact) mass is 206 g/mol. The fourth-order valence-electron chi connectivity index (χ4n) is 1.26. The molecule has 0 saturated heterocycles. The Morgan fingerprint density at radius 1 is 1.60 bits per heavy atom. The summed E-state index contributed by atoms with van der Waals surface area (Å²) in [6, 6.07) is 3.77. The second-order valence-corrected chi connectivity index (χ2v) is 2.95. The summed E-state index contributed by atoms with van der Waals surface area (Å²) in [7, 11) is 1.65. The second-order valence-electron chi connectivity index (χ2n) is 2.95. The molecule has 5 heteroatoms. The van der Waals surface area contributed by atoms with Gasteiger partial charge in [0.25, 0.3) is 0 Å². The number of methoxy groups -OCH3 is 1. The topological polar surface area (TPSA) is 62.0 Å². The molecule has 0 N–H and O–H groups in total. The Labute approximate surface area is 89.3 Å². The van der Waals surface area contributed by atoms with E-state index in [0.717, 1.165) is 6.54 Å². The van der Waals surface area contributed by atoms with Gasteiger partial charge in [-0.15, -0.1) is 5.10 Å². The maximum atomic E-state index is 8.91. The standard InChI is InChI=1S/C10H14N4O/c1-3-14(6-7-15-2)10-9(8-11)4-5-12-13-10/h4-5H,3,6-7H2,1-2H3. The van der Waals surface area contributed by atoms with Crippen molar-refractivity contribution in [3.8, 4) is 6.07 Å². The molecule has 80 valence electrons. The van der Waals surface area contributed by atoms with Crippen molar-refractivity contribution in [2.24, 2.45) is 0 Å². The van der Waals surface area contributed by atoms with E-state index >= 15 is 0 Å². The molecule has 0 saturated carbocycles. The summed E-state index contributed by atoms with van der Waals surface area (Å²) >= 11 is 0. The van der Waals surface area contributed by atoms with Crippen LogP contribution in [0.2, 0.25) is 0 Å². The summed E-state index contributed by atoms with van der Waals surface area (Å²) in [4.78, 5) is 1.97. The molecule has 0 aliphatic heterocycles. The van der Waals surface area contributed by atoms with Crippen LogP contribution in [0.1, 0.15) is 12.5 Å². The lowest BCUT2D eigenvalue weighted by Crippen LogP contribution is -2.28. The van der Waals surface area contributed by atoms with E-state index in [9.17, 15) is 0 Å². The van der Waals surface area contributed by atoms with E-state index in [2.05, 4.69) is 16.3 Å². The molecule has 0 atom stereocenters. The van der Waals surface area contributed by atoms with E-state index in [1.165, 1.54) is 6.20 Å². The fourth-order valence-corrected chi connectivity index (χ4v) is 1.26. The lowest BCUT2D eigenvalue weighted by molar-refractivity contribution is 0.205. The van der Waals surface area contributed by atoms with Gasteiger partial charge in [0.2, 0.25) is 0 Å². The molecule has 0 aliphatic carbocycles. The van der Waals surface area contributed by atoms with Crippen LogP contribution in [0.3, 0.4) is 0 Å². The molecule has 1 heterocycles. The Kier molecular flexibility index (Phi) is 4.51. The molecule has 0 amide bonds. The third-order valence-electron chi connectivity index (χ3n) is 2.07. The van der Waals surface area contributed by atoms with Crippen LogP contribution in [0.5, 0.6) is 0 Å². The minimum absolute atomic E-state index is 0.544. The van der Waals surface area contributed by atoms with E-state index in [-0.39, 0.29) is 0 Å². The van der Waals surface area contributed by atoms with Crippen LogP contribution in [0.15, 0.2) is 12.3 Å². The quantitative estimate of drug-likeness (QED) is 0.713. The largest absolute Gasteiger partial charge is 0.383 e. The normalized spacial score (nSPS) is 9.67. The summed E-state index contributed by atoms with van der Waals surface area (Å²) in [5, 5.41) is 16.7. The Morgan fingerprint density at radius 3 is 3.00 bits per heavy atom. The van der Waals surface area contributed by atoms with E-state index in [1.54, 1.807) is 13.2 Å². The molecular formula is C10H14N4O. The van der Waals surface area contributed by atoms with Crippen molar-refractivity contribution in [2.75, 3.05) is 31.7 Å². The minimum atomic E-state index is 0.544. The summed E-state index contributed by atoms with van der Waals surface area (Å²) in [6.45, 7) is 4.10. The van der Waals surface area contributed by atoms with Crippen LogP contribution >= 0.6 is 0 Å². The van der Waals surface area contributed by atoms with Crippen LogP contribution in [-0.2, 0) is 4.74 Å². The molecule has 15 heavy (non-hydrogen) atoms. The predicted molar refractivity (Wildman–Crippen MR) is 56.5 cm³/mol. The number of hydrogen-bond donors (Lipinski definition) is 0. The number of ether oxygens (including phenoxy) is 1. The van der Waals surface area contributed by atoms with Crippen molar-refractivity contribution < 1.29 is 4.74 Å². The van der Waals surface area contributed by atoms with Crippen molar-refractivity contribution in [1.82, 2.24) is 10.2 Å². The van der Waals surface area contributed by atoms with E-state index < -0.39 is 0 Å². The summed E-state index contributed by atoms with van der Waals surface area (Å²) in [5.41, 5.74) is 0.544. The molecule has 0 bridgehead atoms. The molecule has 0 spiro atoms. The number of aromatic nitrogens is 2. The maximum Gasteiger partial charge on any atom is 0.169 e. The van der Waals surface area contributed by atoms with Crippen molar-refractivity contribution in [1.29, 1.82) is 5.26 Å². The molecule has 0 aliphatic rings. The SMILES string of the molecule is CCN(CCOC)c1nnccc1C#N. The predicted octanol–water partition coefficient (Wildman–Crippen LogP) is 0.821. The highest BCUT2D eigenvalue weighted by Gasteiger charge is 2.10. The number of nitriles is 1. The van der Waals surface area contributed by atoms with Gasteiger partial charge in [-0.2, -0.15) is 10.4 Å².